The third-order valence-corrected chi connectivity index (χ3v) is 4.31. The molecule has 1 aliphatic heterocycles. The number of halogens is 2. The Labute approximate surface area is 110 Å². The Bertz CT molecular complexity index is 380. The third kappa shape index (κ3) is 3.04. The van der Waals surface area contributed by atoms with E-state index >= 15 is 0 Å². The number of nitrogens with zero attached hydrogens (tertiary/aromatic N) is 1. The fraction of sp³-hybridized carbons (Fsp3) is 0.846. The Hall–Kier alpha value is -1.20. The standard InChI is InChI=1S/C13H19F2NO3/c1-8(12(18)19)10-6-16(7-10)11(17)9-3-2-4-13(14,15)5-9/h8-10H,2-7H2,1H3,(H,18,19). The number of carboxylic acid groups (broad SMARTS) is 1. The summed E-state index contributed by atoms with van der Waals surface area (Å²) >= 11 is 0. The first-order chi connectivity index (χ1) is 8.80. The highest BCUT2D eigenvalue weighted by molar-refractivity contribution is 5.80. The van der Waals surface area contributed by atoms with Crippen LogP contribution < -0.4 is 0 Å². The highest BCUT2D eigenvalue weighted by atomic mass is 19.3. The van der Waals surface area contributed by atoms with Crippen molar-refractivity contribution in [3.05, 3.63) is 0 Å². The van der Waals surface area contributed by atoms with Crippen molar-refractivity contribution in [2.75, 3.05) is 13.1 Å². The minimum absolute atomic E-state index is 0.0504. The van der Waals surface area contributed by atoms with Crippen LogP contribution in [0.25, 0.3) is 0 Å². The number of carbonyl (C=O) groups is 2. The van der Waals surface area contributed by atoms with Crippen molar-refractivity contribution in [2.45, 2.75) is 38.5 Å². The van der Waals surface area contributed by atoms with E-state index in [0.29, 0.717) is 25.9 Å². The van der Waals surface area contributed by atoms with E-state index in [2.05, 4.69) is 0 Å². The Morgan fingerprint density at radius 1 is 1.37 bits per heavy atom. The van der Waals surface area contributed by atoms with Gasteiger partial charge >= 0.3 is 5.97 Å². The predicted molar refractivity (Wildman–Crippen MR) is 63.8 cm³/mol. The van der Waals surface area contributed by atoms with E-state index in [4.69, 9.17) is 5.11 Å². The average Bonchev–Trinajstić information content (AvgIpc) is 2.25. The Balaban J connectivity index is 1.85. The highest BCUT2D eigenvalue weighted by Gasteiger charge is 2.44. The molecule has 1 amide bonds. The van der Waals surface area contributed by atoms with Gasteiger partial charge < -0.3 is 10.0 Å². The summed E-state index contributed by atoms with van der Waals surface area (Å²) in [4.78, 5) is 24.4. The van der Waals surface area contributed by atoms with Gasteiger partial charge in [-0.3, -0.25) is 9.59 Å². The lowest BCUT2D eigenvalue weighted by atomic mass is 9.82. The van der Waals surface area contributed by atoms with E-state index in [1.807, 2.05) is 0 Å². The van der Waals surface area contributed by atoms with E-state index in [1.165, 1.54) is 4.90 Å². The molecule has 0 aromatic rings. The van der Waals surface area contributed by atoms with E-state index in [-0.39, 0.29) is 24.7 Å². The van der Waals surface area contributed by atoms with Gasteiger partial charge in [-0.25, -0.2) is 8.78 Å². The molecule has 1 aliphatic carbocycles. The van der Waals surface area contributed by atoms with Crippen molar-refractivity contribution in [2.24, 2.45) is 17.8 Å². The number of rotatable bonds is 3. The van der Waals surface area contributed by atoms with Crippen LogP contribution in [0, 0.1) is 17.8 Å². The van der Waals surface area contributed by atoms with Crippen LogP contribution in [0.2, 0.25) is 0 Å². The van der Waals surface area contributed by atoms with E-state index in [9.17, 15) is 18.4 Å². The smallest absolute Gasteiger partial charge is 0.306 e. The van der Waals surface area contributed by atoms with Crippen LogP contribution in [0.4, 0.5) is 8.78 Å². The molecule has 19 heavy (non-hydrogen) atoms. The number of carbonyl (C=O) groups excluding carboxylic acids is 1. The van der Waals surface area contributed by atoms with Gasteiger partial charge in [0.2, 0.25) is 11.8 Å². The second kappa shape index (κ2) is 5.06. The lowest BCUT2D eigenvalue weighted by molar-refractivity contribution is -0.155. The molecular weight excluding hydrogens is 256 g/mol. The maximum Gasteiger partial charge on any atom is 0.306 e. The molecule has 0 aromatic carbocycles. The van der Waals surface area contributed by atoms with Gasteiger partial charge in [-0.05, 0) is 12.8 Å². The van der Waals surface area contributed by atoms with Gasteiger partial charge in [0.1, 0.15) is 0 Å². The second-order valence-electron chi connectivity index (χ2n) is 5.78. The molecule has 1 N–H and O–H groups in total. The molecule has 2 fully saturated rings. The molecule has 4 nitrogen and oxygen atoms in total. The summed E-state index contributed by atoms with van der Waals surface area (Å²) in [6, 6.07) is 0. The van der Waals surface area contributed by atoms with Crippen molar-refractivity contribution >= 4 is 11.9 Å². The molecule has 1 saturated carbocycles. The van der Waals surface area contributed by atoms with Crippen molar-refractivity contribution in [1.82, 2.24) is 4.90 Å². The molecule has 2 rings (SSSR count). The molecule has 2 aliphatic rings. The van der Waals surface area contributed by atoms with Crippen LogP contribution >= 0.6 is 0 Å². The summed E-state index contributed by atoms with van der Waals surface area (Å²) in [7, 11) is 0. The van der Waals surface area contributed by atoms with Crippen LogP contribution in [-0.4, -0.2) is 40.9 Å². The van der Waals surface area contributed by atoms with Gasteiger partial charge in [-0.2, -0.15) is 0 Å². The zero-order valence-corrected chi connectivity index (χ0v) is 10.9. The van der Waals surface area contributed by atoms with Gasteiger partial charge in [0.15, 0.2) is 0 Å². The molecule has 0 bridgehead atoms. The van der Waals surface area contributed by atoms with E-state index in [0.717, 1.165) is 0 Å². The quantitative estimate of drug-likeness (QED) is 0.857. The normalized spacial score (nSPS) is 28.6. The van der Waals surface area contributed by atoms with Crippen LogP contribution in [0.1, 0.15) is 32.6 Å². The Morgan fingerprint density at radius 3 is 2.53 bits per heavy atom. The number of carboxylic acids is 1. The maximum absolute atomic E-state index is 13.3. The summed E-state index contributed by atoms with van der Waals surface area (Å²) in [5.74, 6) is -4.96. The zero-order chi connectivity index (χ0) is 14.2. The molecule has 108 valence electrons. The minimum atomic E-state index is -2.72. The highest BCUT2D eigenvalue weighted by Crippen LogP contribution is 2.38. The number of amides is 1. The molecular formula is C13H19F2NO3. The lowest BCUT2D eigenvalue weighted by Gasteiger charge is -2.43. The van der Waals surface area contributed by atoms with Crippen LogP contribution in [0.5, 0.6) is 0 Å². The van der Waals surface area contributed by atoms with Crippen LogP contribution in [0.15, 0.2) is 0 Å². The fourth-order valence-corrected chi connectivity index (χ4v) is 2.85. The minimum Gasteiger partial charge on any atom is -0.481 e. The Kier molecular flexibility index (Phi) is 3.78. The van der Waals surface area contributed by atoms with E-state index in [1.54, 1.807) is 6.92 Å². The lowest BCUT2D eigenvalue weighted by Crippen LogP contribution is -2.55. The van der Waals surface area contributed by atoms with Crippen molar-refractivity contribution in [3.8, 4) is 0 Å². The second-order valence-corrected chi connectivity index (χ2v) is 5.78. The van der Waals surface area contributed by atoms with E-state index < -0.39 is 23.7 Å². The molecule has 2 unspecified atom stereocenters. The first-order valence-electron chi connectivity index (χ1n) is 6.69. The monoisotopic (exact) mass is 275 g/mol. The molecule has 1 saturated heterocycles. The number of hydrogen-bond acceptors (Lipinski definition) is 2. The predicted octanol–water partition coefficient (Wildman–Crippen LogP) is 1.99. The van der Waals surface area contributed by atoms with Gasteiger partial charge in [0.05, 0.1) is 5.92 Å². The number of likely N-dealkylation sites (tertiary alicyclic amines) is 1. The van der Waals surface area contributed by atoms with Gasteiger partial charge in [0.25, 0.3) is 0 Å². The molecule has 1 heterocycles. The maximum atomic E-state index is 13.3. The summed E-state index contributed by atoms with van der Waals surface area (Å²) < 4.78 is 26.5. The first-order valence-corrected chi connectivity index (χ1v) is 6.69. The van der Waals surface area contributed by atoms with Gasteiger partial charge in [-0.1, -0.05) is 6.92 Å². The summed E-state index contributed by atoms with van der Waals surface area (Å²) in [5, 5.41) is 8.86. The average molecular weight is 275 g/mol. The summed E-state index contributed by atoms with van der Waals surface area (Å²) in [6.45, 7) is 2.38. The van der Waals surface area contributed by atoms with Crippen molar-refractivity contribution < 1.29 is 23.5 Å². The number of hydrogen-bond donors (Lipinski definition) is 1. The molecule has 0 spiro atoms. The van der Waals surface area contributed by atoms with Crippen LogP contribution in [0.3, 0.4) is 0 Å². The number of alkyl halides is 2. The fourth-order valence-electron chi connectivity index (χ4n) is 2.85. The van der Waals surface area contributed by atoms with Crippen molar-refractivity contribution in [3.63, 3.8) is 0 Å². The summed E-state index contributed by atoms with van der Waals surface area (Å²) in [5.41, 5.74) is 0. The van der Waals surface area contributed by atoms with Gasteiger partial charge in [-0.15, -0.1) is 0 Å². The Morgan fingerprint density at radius 2 is 2.00 bits per heavy atom. The molecule has 0 aromatic heterocycles. The SMILES string of the molecule is CC(C(=O)O)C1CN(C(=O)C2CCCC(F)(F)C2)C1. The summed E-state index contributed by atoms with van der Waals surface area (Å²) in [6.07, 6.45) is 0.410. The molecule has 6 heteroatoms. The molecule has 0 radical (unpaired) electrons. The van der Waals surface area contributed by atoms with Crippen molar-refractivity contribution in [1.29, 1.82) is 0 Å². The van der Waals surface area contributed by atoms with Gasteiger partial charge in [0, 0.05) is 37.8 Å². The molecule has 2 atom stereocenters. The number of aliphatic carboxylic acids is 1. The topological polar surface area (TPSA) is 57.6 Å². The first kappa shape index (κ1) is 14.2. The zero-order valence-electron chi connectivity index (χ0n) is 10.9. The van der Waals surface area contributed by atoms with Crippen LogP contribution in [-0.2, 0) is 9.59 Å². The largest absolute Gasteiger partial charge is 0.481 e. The third-order valence-electron chi connectivity index (χ3n) is 4.31.